The Hall–Kier alpha value is -1.00. The maximum absolute atomic E-state index is 12.6. The van der Waals surface area contributed by atoms with Gasteiger partial charge >= 0.3 is 0 Å². The summed E-state index contributed by atoms with van der Waals surface area (Å²) in [5, 5.41) is 3.24. The molecule has 17 heavy (non-hydrogen) atoms. The summed E-state index contributed by atoms with van der Waals surface area (Å²) in [5.41, 5.74) is 2.13. The van der Waals surface area contributed by atoms with E-state index in [0.717, 1.165) is 31.0 Å². The van der Waals surface area contributed by atoms with E-state index in [2.05, 4.69) is 16.6 Å². The molecule has 0 heterocycles. The summed E-state index contributed by atoms with van der Waals surface area (Å²) in [7, 11) is 0. The van der Waals surface area contributed by atoms with E-state index in [0.29, 0.717) is 0 Å². The van der Waals surface area contributed by atoms with Crippen LogP contribution in [0.1, 0.15) is 13.3 Å². The third-order valence-electron chi connectivity index (χ3n) is 2.05. The van der Waals surface area contributed by atoms with E-state index < -0.39 is 0 Å². The molecule has 0 atom stereocenters. The Kier molecular flexibility index (Phi) is 6.74. The van der Waals surface area contributed by atoms with Gasteiger partial charge in [0.05, 0.1) is 0 Å². The number of anilines is 1. The Labute approximate surface area is 107 Å². The van der Waals surface area contributed by atoms with E-state index in [4.69, 9.17) is 0 Å². The summed E-state index contributed by atoms with van der Waals surface area (Å²) >= 11 is 1.68. The number of halogens is 1. The average Bonchev–Trinajstić information content (AvgIpc) is 2.30. The SMILES string of the molecule is C=C(C)CSNCCCNc1ccc(F)cc1. The summed E-state index contributed by atoms with van der Waals surface area (Å²) in [6.07, 6.45) is 1.03. The van der Waals surface area contributed by atoms with Crippen molar-refractivity contribution in [3.8, 4) is 0 Å². The van der Waals surface area contributed by atoms with Crippen LogP contribution in [0.4, 0.5) is 10.1 Å². The lowest BCUT2D eigenvalue weighted by Gasteiger charge is -2.07. The summed E-state index contributed by atoms with van der Waals surface area (Å²) in [5.74, 6) is 0.749. The maximum Gasteiger partial charge on any atom is 0.123 e. The lowest BCUT2D eigenvalue weighted by molar-refractivity contribution is 0.628. The molecule has 94 valence electrons. The molecule has 0 radical (unpaired) electrons. The van der Waals surface area contributed by atoms with Crippen LogP contribution in [0.5, 0.6) is 0 Å². The predicted octanol–water partition coefficient (Wildman–Crippen LogP) is 3.44. The second kappa shape index (κ2) is 8.14. The molecular formula is C13H19FN2S. The zero-order valence-electron chi connectivity index (χ0n) is 10.1. The fraction of sp³-hybridized carbons (Fsp3) is 0.385. The van der Waals surface area contributed by atoms with Crippen LogP contribution in [-0.2, 0) is 0 Å². The van der Waals surface area contributed by atoms with Gasteiger partial charge in [0.2, 0.25) is 0 Å². The highest BCUT2D eigenvalue weighted by atomic mass is 32.2. The number of hydrogen-bond acceptors (Lipinski definition) is 3. The molecule has 1 rings (SSSR count). The van der Waals surface area contributed by atoms with Crippen LogP contribution in [0.2, 0.25) is 0 Å². The van der Waals surface area contributed by atoms with E-state index in [1.54, 1.807) is 24.1 Å². The number of nitrogens with one attached hydrogen (secondary N) is 2. The zero-order chi connectivity index (χ0) is 12.5. The predicted molar refractivity (Wildman–Crippen MR) is 74.8 cm³/mol. The molecule has 4 heteroatoms. The zero-order valence-corrected chi connectivity index (χ0v) is 10.9. The molecule has 2 nitrogen and oxygen atoms in total. The van der Waals surface area contributed by atoms with Crippen molar-refractivity contribution in [1.29, 1.82) is 0 Å². The molecule has 2 N–H and O–H groups in total. The van der Waals surface area contributed by atoms with Crippen LogP contribution in [0, 0.1) is 5.82 Å². The fourth-order valence-corrected chi connectivity index (χ4v) is 1.84. The van der Waals surface area contributed by atoms with Gasteiger partial charge in [0.15, 0.2) is 0 Å². The molecular weight excluding hydrogens is 235 g/mol. The molecule has 0 unspecified atom stereocenters. The topological polar surface area (TPSA) is 24.1 Å². The molecule has 0 bridgehead atoms. The molecule has 1 aromatic carbocycles. The molecule has 0 fully saturated rings. The van der Waals surface area contributed by atoms with Gasteiger partial charge in [-0.15, -0.1) is 0 Å². The van der Waals surface area contributed by atoms with Crippen LogP contribution < -0.4 is 10.0 Å². The Morgan fingerprint density at radius 3 is 2.65 bits per heavy atom. The van der Waals surface area contributed by atoms with Crippen molar-refractivity contribution in [2.24, 2.45) is 0 Å². The van der Waals surface area contributed by atoms with E-state index in [9.17, 15) is 4.39 Å². The van der Waals surface area contributed by atoms with E-state index in [-0.39, 0.29) is 5.82 Å². The molecule has 0 aliphatic carbocycles. The van der Waals surface area contributed by atoms with Gasteiger partial charge in [-0.05, 0) is 37.6 Å². The highest BCUT2D eigenvalue weighted by Gasteiger charge is 1.93. The lowest BCUT2D eigenvalue weighted by atomic mass is 10.3. The standard InChI is InChI=1S/C13H19FN2S/c1-11(2)10-17-16-9-3-8-15-13-6-4-12(14)5-7-13/h4-7,15-16H,1,3,8-10H2,2H3. The van der Waals surface area contributed by atoms with Crippen LogP contribution in [-0.4, -0.2) is 18.8 Å². The fourth-order valence-electron chi connectivity index (χ4n) is 1.21. The minimum atomic E-state index is -0.201. The molecule has 0 aliphatic heterocycles. The lowest BCUT2D eigenvalue weighted by Crippen LogP contribution is -2.12. The second-order valence-electron chi connectivity index (χ2n) is 3.93. The molecule has 0 aliphatic rings. The smallest absolute Gasteiger partial charge is 0.123 e. The highest BCUT2D eigenvalue weighted by Crippen LogP contribution is 2.07. The Balaban J connectivity index is 2.01. The van der Waals surface area contributed by atoms with Crippen molar-refractivity contribution >= 4 is 17.6 Å². The van der Waals surface area contributed by atoms with E-state index >= 15 is 0 Å². The van der Waals surface area contributed by atoms with Crippen molar-refractivity contribution in [1.82, 2.24) is 4.72 Å². The van der Waals surface area contributed by atoms with E-state index in [1.807, 2.05) is 6.92 Å². The highest BCUT2D eigenvalue weighted by molar-refractivity contribution is 7.97. The minimum Gasteiger partial charge on any atom is -0.385 e. The van der Waals surface area contributed by atoms with Crippen molar-refractivity contribution in [3.05, 3.63) is 42.2 Å². The molecule has 0 saturated heterocycles. The Morgan fingerprint density at radius 1 is 1.29 bits per heavy atom. The normalized spacial score (nSPS) is 10.2. The molecule has 1 aromatic rings. The summed E-state index contributed by atoms with van der Waals surface area (Å²) in [6, 6.07) is 6.42. The quantitative estimate of drug-likeness (QED) is 0.422. The van der Waals surface area contributed by atoms with Gasteiger partial charge < -0.3 is 5.32 Å². The van der Waals surface area contributed by atoms with Crippen LogP contribution in [0.25, 0.3) is 0 Å². The molecule has 0 aromatic heterocycles. The second-order valence-corrected chi connectivity index (χ2v) is 4.79. The first-order chi connectivity index (χ1) is 8.18. The summed E-state index contributed by atoms with van der Waals surface area (Å²) in [4.78, 5) is 0. The van der Waals surface area contributed by atoms with E-state index in [1.165, 1.54) is 17.7 Å². The van der Waals surface area contributed by atoms with Gasteiger partial charge in [0, 0.05) is 24.5 Å². The summed E-state index contributed by atoms with van der Waals surface area (Å²) < 4.78 is 15.9. The molecule has 0 saturated carbocycles. The number of benzene rings is 1. The van der Waals surface area contributed by atoms with Gasteiger partial charge in [-0.3, -0.25) is 4.72 Å². The van der Waals surface area contributed by atoms with Gasteiger partial charge in [-0.25, -0.2) is 4.39 Å². The minimum absolute atomic E-state index is 0.201. The van der Waals surface area contributed by atoms with Gasteiger partial charge in [-0.1, -0.05) is 24.1 Å². The van der Waals surface area contributed by atoms with Crippen molar-refractivity contribution in [3.63, 3.8) is 0 Å². The number of hydrogen-bond donors (Lipinski definition) is 2. The van der Waals surface area contributed by atoms with Crippen molar-refractivity contribution in [2.75, 3.05) is 24.2 Å². The first-order valence-corrected chi connectivity index (χ1v) is 6.65. The first kappa shape index (κ1) is 14.1. The third kappa shape index (κ3) is 7.02. The van der Waals surface area contributed by atoms with Gasteiger partial charge in [-0.2, -0.15) is 0 Å². The van der Waals surface area contributed by atoms with Crippen LogP contribution >= 0.6 is 11.9 Å². The van der Waals surface area contributed by atoms with Crippen molar-refractivity contribution in [2.45, 2.75) is 13.3 Å². The van der Waals surface area contributed by atoms with Crippen LogP contribution in [0.15, 0.2) is 36.4 Å². The van der Waals surface area contributed by atoms with Crippen LogP contribution in [0.3, 0.4) is 0 Å². The molecule has 0 amide bonds. The monoisotopic (exact) mass is 254 g/mol. The summed E-state index contributed by atoms with van der Waals surface area (Å²) in [6.45, 7) is 7.68. The van der Waals surface area contributed by atoms with Gasteiger partial charge in [0.25, 0.3) is 0 Å². The Bertz CT molecular complexity index is 338. The Morgan fingerprint density at radius 2 is 2.00 bits per heavy atom. The average molecular weight is 254 g/mol. The largest absolute Gasteiger partial charge is 0.385 e. The maximum atomic E-state index is 12.6. The number of rotatable bonds is 8. The van der Waals surface area contributed by atoms with Crippen molar-refractivity contribution < 1.29 is 4.39 Å². The molecule has 0 spiro atoms. The third-order valence-corrected chi connectivity index (χ3v) is 3.09. The first-order valence-electron chi connectivity index (χ1n) is 5.67. The van der Waals surface area contributed by atoms with Gasteiger partial charge in [0.1, 0.15) is 5.82 Å².